The number of piperazine rings is 1. The molecule has 4 aromatic rings. The topological polar surface area (TPSA) is 87.5 Å². The van der Waals surface area contributed by atoms with Crippen molar-refractivity contribution in [2.24, 2.45) is 0 Å². The van der Waals surface area contributed by atoms with Crippen LogP contribution in [0.25, 0.3) is 16.6 Å². The number of aromatic nitrogens is 1. The molecule has 0 bridgehead atoms. The van der Waals surface area contributed by atoms with E-state index < -0.39 is 23.2 Å². The Morgan fingerprint density at radius 1 is 1.00 bits per heavy atom. The number of fused-ring (bicyclic) bond motifs is 1. The van der Waals surface area contributed by atoms with Gasteiger partial charge in [0.2, 0.25) is 11.2 Å². The van der Waals surface area contributed by atoms with Crippen molar-refractivity contribution in [3.8, 4) is 17.2 Å². The van der Waals surface area contributed by atoms with Gasteiger partial charge in [0.15, 0.2) is 5.15 Å². The minimum atomic E-state index is -1.69. The Balaban J connectivity index is 1.57. The number of ether oxygens (including phenoxy) is 2. The molecule has 11 heteroatoms. The number of benzene rings is 3. The number of hydrogen-bond acceptors (Lipinski definition) is 7. The molecule has 1 fully saturated rings. The van der Waals surface area contributed by atoms with Gasteiger partial charge >= 0.3 is 6.16 Å². The van der Waals surface area contributed by atoms with Crippen LogP contribution in [0, 0.1) is 5.82 Å². The molecule has 5 rings (SSSR count). The van der Waals surface area contributed by atoms with Gasteiger partial charge in [-0.3, -0.25) is 9.36 Å². The number of halogens is 2. The number of carbonyl (C=O) groups is 1. The predicted octanol–water partition coefficient (Wildman–Crippen LogP) is 5.24. The number of methoxy groups -OCH3 is 1. The van der Waals surface area contributed by atoms with Gasteiger partial charge in [0.25, 0.3) is 0 Å². The fourth-order valence-electron chi connectivity index (χ4n) is 5.21. The summed E-state index contributed by atoms with van der Waals surface area (Å²) in [5, 5.41) is 8.99. The molecule has 0 saturated carbocycles. The van der Waals surface area contributed by atoms with Gasteiger partial charge in [0.05, 0.1) is 29.4 Å². The highest BCUT2D eigenvalue weighted by atomic mass is 35.5. The molecule has 0 unspecified atom stereocenters. The molecule has 0 spiro atoms. The number of carboxylic acid groups (broad SMARTS) is 1. The summed E-state index contributed by atoms with van der Waals surface area (Å²) in [6.07, 6.45) is -1.69. The molecule has 1 aliphatic heterocycles. The molecule has 1 aliphatic rings. The molecule has 1 N–H and O–H groups in total. The lowest BCUT2D eigenvalue weighted by molar-refractivity contribution is 0.144. The maximum Gasteiger partial charge on any atom is 0.511 e. The first-order valence-electron chi connectivity index (χ1n) is 13.0. The van der Waals surface area contributed by atoms with E-state index in [1.165, 1.54) is 4.57 Å². The van der Waals surface area contributed by atoms with E-state index in [0.29, 0.717) is 49.6 Å². The number of para-hydroxylation sites is 2. The molecule has 0 radical (unpaired) electrons. The zero-order valence-electron chi connectivity index (χ0n) is 22.9. The second-order valence-corrected chi connectivity index (χ2v) is 10.4. The lowest BCUT2D eigenvalue weighted by atomic mass is 10.1. The Bertz CT molecular complexity index is 1650. The Morgan fingerprint density at radius 3 is 2.24 bits per heavy atom. The van der Waals surface area contributed by atoms with E-state index >= 15 is 4.39 Å². The number of rotatable bonds is 7. The smallest absolute Gasteiger partial charge is 0.495 e. The van der Waals surface area contributed by atoms with Crippen LogP contribution < -0.4 is 24.7 Å². The fourth-order valence-corrected chi connectivity index (χ4v) is 5.52. The van der Waals surface area contributed by atoms with Crippen molar-refractivity contribution in [2.75, 3.05) is 57.2 Å². The third kappa shape index (κ3) is 5.66. The fraction of sp³-hybridized carbons (Fsp3) is 0.267. The molecule has 41 heavy (non-hydrogen) atoms. The molecule has 1 aromatic heterocycles. The molecule has 2 heterocycles. The first kappa shape index (κ1) is 28.3. The van der Waals surface area contributed by atoms with Gasteiger partial charge in [0.1, 0.15) is 11.6 Å². The number of pyridine rings is 1. The second kappa shape index (κ2) is 11.7. The lowest BCUT2D eigenvalue weighted by Crippen LogP contribution is -2.47. The first-order chi connectivity index (χ1) is 19.7. The summed E-state index contributed by atoms with van der Waals surface area (Å²) in [6, 6.07) is 17.9. The van der Waals surface area contributed by atoms with Crippen LogP contribution >= 0.6 is 11.6 Å². The van der Waals surface area contributed by atoms with Gasteiger partial charge < -0.3 is 29.3 Å². The Labute approximate surface area is 241 Å². The highest BCUT2D eigenvalue weighted by Crippen LogP contribution is 2.35. The standard InChI is InChI=1S/C30H30ClFN4O5/c1-33(2)18-19-8-10-20(11-9-19)36-24-17-25(22(32)16-21(24)27(37)28(29(36)31)41-30(38)39)35-14-12-34(13-15-35)23-6-4-5-7-26(23)40-3/h4-11,16-17H,12-15,18H2,1-3H3,(H,38,39). The van der Waals surface area contributed by atoms with Gasteiger partial charge in [0, 0.05) is 38.4 Å². The third-order valence-corrected chi connectivity index (χ3v) is 7.41. The largest absolute Gasteiger partial charge is 0.511 e. The van der Waals surface area contributed by atoms with E-state index in [9.17, 15) is 14.7 Å². The highest BCUT2D eigenvalue weighted by Gasteiger charge is 2.26. The maximum absolute atomic E-state index is 15.6. The van der Waals surface area contributed by atoms with E-state index in [2.05, 4.69) is 4.90 Å². The van der Waals surface area contributed by atoms with Crippen molar-refractivity contribution >= 4 is 40.0 Å². The Morgan fingerprint density at radius 2 is 1.63 bits per heavy atom. The molecule has 1 saturated heterocycles. The van der Waals surface area contributed by atoms with E-state index in [-0.39, 0.29) is 10.5 Å². The maximum atomic E-state index is 15.6. The summed E-state index contributed by atoms with van der Waals surface area (Å²) in [5.41, 5.74) is 2.43. The van der Waals surface area contributed by atoms with Gasteiger partial charge in [-0.25, -0.2) is 9.18 Å². The van der Waals surface area contributed by atoms with E-state index in [1.54, 1.807) is 13.2 Å². The second-order valence-electron chi connectivity index (χ2n) is 10.0. The van der Waals surface area contributed by atoms with Crippen molar-refractivity contribution in [3.05, 3.63) is 87.4 Å². The van der Waals surface area contributed by atoms with Crippen LogP contribution in [0.4, 0.5) is 20.6 Å². The van der Waals surface area contributed by atoms with Crippen molar-refractivity contribution in [2.45, 2.75) is 6.54 Å². The van der Waals surface area contributed by atoms with Crippen LogP contribution in [-0.2, 0) is 6.54 Å². The molecule has 0 amide bonds. The highest BCUT2D eigenvalue weighted by molar-refractivity contribution is 6.32. The summed E-state index contributed by atoms with van der Waals surface area (Å²) < 4.78 is 27.4. The van der Waals surface area contributed by atoms with Gasteiger partial charge in [-0.2, -0.15) is 0 Å². The molecule has 214 valence electrons. The van der Waals surface area contributed by atoms with Crippen molar-refractivity contribution in [1.82, 2.24) is 9.47 Å². The Kier molecular flexibility index (Phi) is 8.05. The van der Waals surface area contributed by atoms with Crippen LogP contribution in [0.1, 0.15) is 5.56 Å². The van der Waals surface area contributed by atoms with E-state index in [1.807, 2.05) is 72.4 Å². The lowest BCUT2D eigenvalue weighted by Gasteiger charge is -2.38. The van der Waals surface area contributed by atoms with Crippen LogP contribution in [0.2, 0.25) is 5.15 Å². The van der Waals surface area contributed by atoms with Crippen LogP contribution in [0.5, 0.6) is 11.5 Å². The monoisotopic (exact) mass is 580 g/mol. The number of hydrogen-bond donors (Lipinski definition) is 1. The zero-order chi connectivity index (χ0) is 29.3. The molecule has 9 nitrogen and oxygen atoms in total. The molecular weight excluding hydrogens is 551 g/mol. The Hall–Kier alpha value is -4.28. The van der Waals surface area contributed by atoms with Crippen molar-refractivity contribution in [1.29, 1.82) is 0 Å². The summed E-state index contributed by atoms with van der Waals surface area (Å²) in [7, 11) is 5.55. The molecule has 0 aliphatic carbocycles. The summed E-state index contributed by atoms with van der Waals surface area (Å²) >= 11 is 6.63. The quantitative estimate of drug-likeness (QED) is 0.235. The van der Waals surface area contributed by atoms with Crippen LogP contribution in [-0.4, -0.2) is 68.1 Å². The summed E-state index contributed by atoms with van der Waals surface area (Å²) in [5.74, 6) is -0.411. The zero-order valence-corrected chi connectivity index (χ0v) is 23.7. The normalized spacial score (nSPS) is 13.6. The third-order valence-electron chi connectivity index (χ3n) is 7.07. The summed E-state index contributed by atoms with van der Waals surface area (Å²) in [6.45, 7) is 3.02. The molecular formula is C30H30ClFN4O5. The van der Waals surface area contributed by atoms with Gasteiger partial charge in [-0.05, 0) is 56.1 Å². The van der Waals surface area contributed by atoms with E-state index in [0.717, 1.165) is 23.1 Å². The SMILES string of the molecule is COc1ccccc1N1CCN(c2cc3c(cc2F)c(=O)c(OC(=O)O)c(Cl)n3-c2ccc(CN(C)C)cc2)CC1. The number of nitrogens with zero attached hydrogens (tertiary/aromatic N) is 4. The van der Waals surface area contributed by atoms with Crippen LogP contribution in [0.15, 0.2) is 65.5 Å². The number of anilines is 2. The predicted molar refractivity (Wildman–Crippen MR) is 158 cm³/mol. The minimum Gasteiger partial charge on any atom is -0.495 e. The van der Waals surface area contributed by atoms with Gasteiger partial charge in [-0.15, -0.1) is 0 Å². The van der Waals surface area contributed by atoms with Crippen molar-refractivity contribution in [3.63, 3.8) is 0 Å². The average molecular weight is 581 g/mol. The van der Waals surface area contributed by atoms with Crippen molar-refractivity contribution < 1.29 is 23.8 Å². The molecule has 3 aromatic carbocycles. The minimum absolute atomic E-state index is 0.0445. The molecule has 0 atom stereocenters. The van der Waals surface area contributed by atoms with E-state index in [4.69, 9.17) is 21.1 Å². The average Bonchev–Trinajstić information content (AvgIpc) is 2.96. The van der Waals surface area contributed by atoms with Crippen LogP contribution in [0.3, 0.4) is 0 Å². The first-order valence-corrected chi connectivity index (χ1v) is 13.4. The van der Waals surface area contributed by atoms with Gasteiger partial charge in [-0.1, -0.05) is 35.9 Å². The summed E-state index contributed by atoms with van der Waals surface area (Å²) in [4.78, 5) is 30.8.